The molecule has 0 saturated heterocycles. The first-order valence-corrected chi connectivity index (χ1v) is 4.02. The van der Waals surface area contributed by atoms with E-state index in [1.54, 1.807) is 6.20 Å². The van der Waals surface area contributed by atoms with E-state index in [1.807, 2.05) is 12.1 Å². The first-order valence-electron chi connectivity index (χ1n) is 4.02. The molecule has 0 aromatic carbocycles. The molecule has 3 heteroatoms. The second-order valence-corrected chi connectivity index (χ2v) is 2.60. The molecular weight excluding hydrogens is 154 g/mol. The van der Waals surface area contributed by atoms with Crippen LogP contribution < -0.4 is 0 Å². The van der Waals surface area contributed by atoms with Gasteiger partial charge in [0.2, 0.25) is 0 Å². The predicted octanol–water partition coefficient (Wildman–Crippen LogP) is 0.151. The first-order chi connectivity index (χ1) is 5.86. The molecule has 0 aliphatic heterocycles. The molecule has 0 aliphatic rings. The smallest absolute Gasteiger partial charge is 0.0486 e. The molecule has 66 valence electrons. The minimum absolute atomic E-state index is 0.131. The van der Waals surface area contributed by atoms with Gasteiger partial charge in [-0.25, -0.2) is 0 Å². The maximum absolute atomic E-state index is 8.62. The van der Waals surface area contributed by atoms with Crippen LogP contribution in [0.1, 0.15) is 11.3 Å². The zero-order chi connectivity index (χ0) is 8.81. The van der Waals surface area contributed by atoms with Crippen LogP contribution in [0.4, 0.5) is 0 Å². The fraction of sp³-hybridized carbons (Fsp3) is 0.444. The lowest BCUT2D eigenvalue weighted by molar-refractivity contribution is 0.297. The van der Waals surface area contributed by atoms with E-state index in [4.69, 9.17) is 10.2 Å². The maximum Gasteiger partial charge on any atom is 0.0486 e. The Balaban J connectivity index is 2.58. The Labute approximate surface area is 71.7 Å². The summed E-state index contributed by atoms with van der Waals surface area (Å²) in [5, 5.41) is 17.2. The summed E-state index contributed by atoms with van der Waals surface area (Å²) in [7, 11) is 0. The summed E-state index contributed by atoms with van der Waals surface area (Å²) in [5.41, 5.74) is 1.92. The zero-order valence-corrected chi connectivity index (χ0v) is 6.90. The van der Waals surface area contributed by atoms with E-state index in [0.29, 0.717) is 12.8 Å². The number of aromatic nitrogens is 1. The molecular formula is C9H13NO2. The lowest BCUT2D eigenvalue weighted by Gasteiger charge is -1.99. The van der Waals surface area contributed by atoms with Crippen molar-refractivity contribution in [1.82, 2.24) is 4.98 Å². The monoisotopic (exact) mass is 167 g/mol. The number of rotatable bonds is 4. The SMILES string of the molecule is OCCc1ccc(CCO)nc1. The third-order valence-corrected chi connectivity index (χ3v) is 1.65. The molecule has 12 heavy (non-hydrogen) atoms. The van der Waals surface area contributed by atoms with Crippen LogP contribution in [-0.2, 0) is 12.8 Å². The molecule has 0 amide bonds. The lowest BCUT2D eigenvalue weighted by atomic mass is 10.2. The summed E-state index contributed by atoms with van der Waals surface area (Å²) in [5.74, 6) is 0. The van der Waals surface area contributed by atoms with E-state index in [1.165, 1.54) is 0 Å². The van der Waals surface area contributed by atoms with E-state index in [9.17, 15) is 0 Å². The second-order valence-electron chi connectivity index (χ2n) is 2.60. The van der Waals surface area contributed by atoms with Gasteiger partial charge in [-0.15, -0.1) is 0 Å². The molecule has 0 aliphatic carbocycles. The van der Waals surface area contributed by atoms with Crippen molar-refractivity contribution in [2.24, 2.45) is 0 Å². The van der Waals surface area contributed by atoms with Crippen LogP contribution in [0.3, 0.4) is 0 Å². The van der Waals surface area contributed by atoms with E-state index in [0.717, 1.165) is 11.3 Å². The Morgan fingerprint density at radius 2 is 1.83 bits per heavy atom. The van der Waals surface area contributed by atoms with Crippen LogP contribution in [0.2, 0.25) is 0 Å². The van der Waals surface area contributed by atoms with Crippen molar-refractivity contribution in [3.63, 3.8) is 0 Å². The van der Waals surface area contributed by atoms with Crippen molar-refractivity contribution in [3.8, 4) is 0 Å². The molecule has 1 aromatic rings. The lowest BCUT2D eigenvalue weighted by Crippen LogP contribution is -1.96. The molecule has 1 rings (SSSR count). The van der Waals surface area contributed by atoms with Gasteiger partial charge in [-0.3, -0.25) is 4.98 Å². The Kier molecular flexibility index (Phi) is 3.70. The van der Waals surface area contributed by atoms with Gasteiger partial charge in [0.05, 0.1) is 0 Å². The number of aliphatic hydroxyl groups is 2. The van der Waals surface area contributed by atoms with Crippen LogP contribution in [0.5, 0.6) is 0 Å². The Hall–Kier alpha value is -0.930. The fourth-order valence-corrected chi connectivity index (χ4v) is 0.995. The second kappa shape index (κ2) is 4.85. The van der Waals surface area contributed by atoms with Crippen LogP contribution in [0.25, 0.3) is 0 Å². The number of nitrogens with zero attached hydrogens (tertiary/aromatic N) is 1. The molecule has 0 bridgehead atoms. The summed E-state index contributed by atoms with van der Waals surface area (Å²) < 4.78 is 0. The normalized spacial score (nSPS) is 10.2. The molecule has 0 atom stereocenters. The van der Waals surface area contributed by atoms with E-state index in [-0.39, 0.29) is 13.2 Å². The molecule has 1 aromatic heterocycles. The van der Waals surface area contributed by atoms with Gasteiger partial charge in [0.1, 0.15) is 0 Å². The topological polar surface area (TPSA) is 53.4 Å². The third-order valence-electron chi connectivity index (χ3n) is 1.65. The van der Waals surface area contributed by atoms with Gasteiger partial charge in [0.25, 0.3) is 0 Å². The van der Waals surface area contributed by atoms with Crippen LogP contribution >= 0.6 is 0 Å². The van der Waals surface area contributed by atoms with Gasteiger partial charge < -0.3 is 10.2 Å². The molecule has 0 saturated carbocycles. The molecule has 0 spiro atoms. The van der Waals surface area contributed by atoms with Crippen LogP contribution in [0, 0.1) is 0 Å². The fourth-order valence-electron chi connectivity index (χ4n) is 0.995. The summed E-state index contributed by atoms with van der Waals surface area (Å²) in [6.45, 7) is 0.285. The quantitative estimate of drug-likeness (QED) is 0.671. The molecule has 0 unspecified atom stereocenters. The number of hydrogen-bond acceptors (Lipinski definition) is 3. The third kappa shape index (κ3) is 2.60. The van der Waals surface area contributed by atoms with Crippen LogP contribution in [0.15, 0.2) is 18.3 Å². The molecule has 2 N–H and O–H groups in total. The highest BCUT2D eigenvalue weighted by molar-refractivity contribution is 5.14. The summed E-state index contributed by atoms with van der Waals surface area (Å²) >= 11 is 0. The summed E-state index contributed by atoms with van der Waals surface area (Å²) in [6.07, 6.45) is 2.98. The summed E-state index contributed by atoms with van der Waals surface area (Å²) in [4.78, 5) is 4.12. The standard InChI is InChI=1S/C9H13NO2/c11-5-3-8-1-2-9(4-6-12)10-7-8/h1-2,7,11-12H,3-6H2. The first kappa shape index (κ1) is 9.16. The van der Waals surface area contributed by atoms with Gasteiger partial charge in [-0.1, -0.05) is 6.07 Å². The highest BCUT2D eigenvalue weighted by Crippen LogP contribution is 2.01. The Morgan fingerprint density at radius 1 is 1.08 bits per heavy atom. The number of aliphatic hydroxyl groups excluding tert-OH is 2. The van der Waals surface area contributed by atoms with E-state index in [2.05, 4.69) is 4.98 Å². The van der Waals surface area contributed by atoms with Crippen molar-refractivity contribution < 1.29 is 10.2 Å². The average molecular weight is 167 g/mol. The van der Waals surface area contributed by atoms with Crippen LogP contribution in [-0.4, -0.2) is 28.4 Å². The Bertz CT molecular complexity index is 195. The van der Waals surface area contributed by atoms with E-state index < -0.39 is 0 Å². The summed E-state index contributed by atoms with van der Waals surface area (Å²) in [6, 6.07) is 3.80. The van der Waals surface area contributed by atoms with Gasteiger partial charge in [-0.2, -0.15) is 0 Å². The molecule has 0 radical (unpaired) electrons. The van der Waals surface area contributed by atoms with Crippen molar-refractivity contribution in [2.45, 2.75) is 12.8 Å². The van der Waals surface area contributed by atoms with E-state index >= 15 is 0 Å². The number of hydrogen-bond donors (Lipinski definition) is 2. The Morgan fingerprint density at radius 3 is 2.33 bits per heavy atom. The van der Waals surface area contributed by atoms with Gasteiger partial charge in [-0.05, 0) is 18.1 Å². The van der Waals surface area contributed by atoms with Gasteiger partial charge in [0.15, 0.2) is 0 Å². The van der Waals surface area contributed by atoms with Gasteiger partial charge >= 0.3 is 0 Å². The maximum atomic E-state index is 8.62. The zero-order valence-electron chi connectivity index (χ0n) is 6.90. The predicted molar refractivity (Wildman–Crippen MR) is 45.8 cm³/mol. The van der Waals surface area contributed by atoms with Crippen molar-refractivity contribution in [3.05, 3.63) is 29.6 Å². The molecule has 0 fully saturated rings. The van der Waals surface area contributed by atoms with Crippen molar-refractivity contribution in [2.75, 3.05) is 13.2 Å². The molecule has 1 heterocycles. The largest absolute Gasteiger partial charge is 0.396 e. The minimum atomic E-state index is 0.131. The number of pyridine rings is 1. The average Bonchev–Trinajstić information content (AvgIpc) is 2.09. The van der Waals surface area contributed by atoms with Gasteiger partial charge in [0, 0.05) is 31.5 Å². The molecule has 3 nitrogen and oxygen atoms in total. The highest BCUT2D eigenvalue weighted by Gasteiger charge is 1.94. The van der Waals surface area contributed by atoms with Crippen molar-refractivity contribution in [1.29, 1.82) is 0 Å². The van der Waals surface area contributed by atoms with Crippen molar-refractivity contribution >= 4 is 0 Å². The highest BCUT2D eigenvalue weighted by atomic mass is 16.3. The minimum Gasteiger partial charge on any atom is -0.396 e.